The Morgan fingerprint density at radius 2 is 1.61 bits per heavy atom. The van der Waals surface area contributed by atoms with E-state index in [-0.39, 0.29) is 0 Å². The summed E-state index contributed by atoms with van der Waals surface area (Å²) in [6, 6.07) is 17.0. The molecule has 0 atom stereocenters. The first-order chi connectivity index (χ1) is 8.83. The Bertz CT molecular complexity index is 560. The first kappa shape index (κ1) is 12.4. The third-order valence-electron chi connectivity index (χ3n) is 3.04. The third kappa shape index (κ3) is 2.78. The van der Waals surface area contributed by atoms with Gasteiger partial charge < -0.3 is 0 Å². The second-order valence-electron chi connectivity index (χ2n) is 4.27. The van der Waals surface area contributed by atoms with Gasteiger partial charge in [-0.2, -0.15) is 0 Å². The van der Waals surface area contributed by atoms with Crippen LogP contribution < -0.4 is 0 Å². The maximum atomic E-state index is 2.18. The van der Waals surface area contributed by atoms with E-state index in [4.69, 9.17) is 0 Å². The smallest absolute Gasteiger partial charge is 0.0149 e. The van der Waals surface area contributed by atoms with E-state index in [1.54, 1.807) is 0 Å². The van der Waals surface area contributed by atoms with Crippen molar-refractivity contribution in [3.8, 4) is 11.1 Å². The molecule has 0 heteroatoms. The number of allylic oxidation sites excluding steroid dienone is 3. The molecule has 2 aromatic carbocycles. The van der Waals surface area contributed by atoms with Crippen LogP contribution in [0.15, 0.2) is 66.8 Å². The van der Waals surface area contributed by atoms with Crippen molar-refractivity contribution < 1.29 is 0 Å². The molecule has 0 fully saturated rings. The van der Waals surface area contributed by atoms with E-state index in [0.717, 1.165) is 0 Å². The summed E-state index contributed by atoms with van der Waals surface area (Å²) < 4.78 is 0. The molecule has 0 spiro atoms. The molecule has 0 N–H and O–H groups in total. The van der Waals surface area contributed by atoms with Gasteiger partial charge in [0, 0.05) is 0 Å². The van der Waals surface area contributed by atoms with Crippen LogP contribution in [0.3, 0.4) is 0 Å². The van der Waals surface area contributed by atoms with Crippen LogP contribution in [-0.2, 0) is 0 Å². The molecule has 0 aromatic heterocycles. The maximum absolute atomic E-state index is 2.18. The summed E-state index contributed by atoms with van der Waals surface area (Å²) in [5, 5.41) is 0. The molecule has 0 nitrogen and oxygen atoms in total. The van der Waals surface area contributed by atoms with E-state index in [1.807, 2.05) is 13.0 Å². The second kappa shape index (κ2) is 6.02. The molecule has 0 amide bonds. The van der Waals surface area contributed by atoms with Crippen molar-refractivity contribution in [1.82, 2.24) is 0 Å². The van der Waals surface area contributed by atoms with Crippen LogP contribution in [0.2, 0.25) is 0 Å². The predicted molar refractivity (Wildman–Crippen MR) is 80.5 cm³/mol. The molecule has 0 radical (unpaired) electrons. The average molecular weight is 234 g/mol. The molecular weight excluding hydrogens is 216 g/mol. The van der Waals surface area contributed by atoms with Gasteiger partial charge in [-0.1, -0.05) is 72.8 Å². The van der Waals surface area contributed by atoms with Gasteiger partial charge >= 0.3 is 0 Å². The van der Waals surface area contributed by atoms with Gasteiger partial charge in [-0.05, 0) is 36.1 Å². The van der Waals surface area contributed by atoms with Crippen LogP contribution in [0.25, 0.3) is 17.2 Å². The summed E-state index contributed by atoms with van der Waals surface area (Å²) in [7, 11) is 0. The van der Waals surface area contributed by atoms with Crippen molar-refractivity contribution in [3.63, 3.8) is 0 Å². The highest BCUT2D eigenvalue weighted by Gasteiger charge is 2.03. The van der Waals surface area contributed by atoms with E-state index in [2.05, 4.69) is 73.7 Å². The standard InChI is InChI=1S/C18H18/c1-3-4-6-10-16-13-9-14-18(15(16)2)17-11-7-5-8-12-17/h3-14H,1-2H3/b4-3+,10-6+. The zero-order chi connectivity index (χ0) is 12.8. The molecule has 90 valence electrons. The van der Waals surface area contributed by atoms with E-state index >= 15 is 0 Å². The lowest BCUT2D eigenvalue weighted by Gasteiger charge is -2.08. The van der Waals surface area contributed by atoms with E-state index in [9.17, 15) is 0 Å². The Kier molecular flexibility index (Phi) is 4.14. The molecule has 18 heavy (non-hydrogen) atoms. The summed E-state index contributed by atoms with van der Waals surface area (Å²) in [5.74, 6) is 0. The molecule has 0 saturated carbocycles. The second-order valence-corrected chi connectivity index (χ2v) is 4.27. The maximum Gasteiger partial charge on any atom is -0.0149 e. The van der Waals surface area contributed by atoms with Crippen LogP contribution >= 0.6 is 0 Å². The molecule has 0 aliphatic carbocycles. The van der Waals surface area contributed by atoms with Gasteiger partial charge in [0.15, 0.2) is 0 Å². The number of benzene rings is 2. The molecule has 2 rings (SSSR count). The zero-order valence-corrected chi connectivity index (χ0v) is 10.9. The summed E-state index contributed by atoms with van der Waals surface area (Å²) in [6.45, 7) is 4.20. The predicted octanol–water partition coefficient (Wildman–Crippen LogP) is 5.25. The minimum Gasteiger partial charge on any atom is -0.0877 e. The van der Waals surface area contributed by atoms with Crippen molar-refractivity contribution in [1.29, 1.82) is 0 Å². The Hall–Kier alpha value is -2.08. The highest BCUT2D eigenvalue weighted by atomic mass is 14.1. The minimum absolute atomic E-state index is 1.27. The van der Waals surface area contributed by atoms with Crippen molar-refractivity contribution in [2.45, 2.75) is 13.8 Å². The molecule has 0 aliphatic rings. The highest BCUT2D eigenvalue weighted by Crippen LogP contribution is 2.26. The molecule has 0 unspecified atom stereocenters. The SMILES string of the molecule is C/C=C/C=C/c1cccc(-c2ccccc2)c1C. The molecule has 0 saturated heterocycles. The first-order valence-corrected chi connectivity index (χ1v) is 6.27. The van der Waals surface area contributed by atoms with E-state index in [0.29, 0.717) is 0 Å². The quantitative estimate of drug-likeness (QED) is 0.636. The van der Waals surface area contributed by atoms with Gasteiger partial charge in [-0.15, -0.1) is 0 Å². The largest absolute Gasteiger partial charge is 0.0877 e. The fourth-order valence-corrected chi connectivity index (χ4v) is 2.03. The lowest BCUT2D eigenvalue weighted by Crippen LogP contribution is -1.86. The van der Waals surface area contributed by atoms with Crippen molar-refractivity contribution >= 4 is 6.08 Å². The Morgan fingerprint density at radius 1 is 0.833 bits per heavy atom. The van der Waals surface area contributed by atoms with Gasteiger partial charge in [-0.3, -0.25) is 0 Å². The van der Waals surface area contributed by atoms with Gasteiger partial charge in [-0.25, -0.2) is 0 Å². The topological polar surface area (TPSA) is 0 Å². The fraction of sp³-hybridized carbons (Fsp3) is 0.111. The highest BCUT2D eigenvalue weighted by molar-refractivity contribution is 5.72. The number of hydrogen-bond donors (Lipinski definition) is 0. The molecule has 0 aliphatic heterocycles. The van der Waals surface area contributed by atoms with Crippen LogP contribution in [0.1, 0.15) is 18.1 Å². The molecular formula is C18H18. The van der Waals surface area contributed by atoms with Crippen molar-refractivity contribution in [3.05, 3.63) is 77.9 Å². The normalized spacial score (nSPS) is 11.4. The van der Waals surface area contributed by atoms with Crippen LogP contribution in [0, 0.1) is 6.92 Å². The lowest BCUT2D eigenvalue weighted by atomic mass is 9.96. The van der Waals surface area contributed by atoms with E-state index < -0.39 is 0 Å². The van der Waals surface area contributed by atoms with Gasteiger partial charge in [0.1, 0.15) is 0 Å². The third-order valence-corrected chi connectivity index (χ3v) is 3.04. The Morgan fingerprint density at radius 3 is 2.33 bits per heavy atom. The summed E-state index contributed by atoms with van der Waals surface area (Å²) in [6.07, 6.45) is 8.32. The Balaban J connectivity index is 2.42. The Labute approximate surface area is 109 Å². The monoisotopic (exact) mass is 234 g/mol. The molecule has 0 heterocycles. The number of hydrogen-bond acceptors (Lipinski definition) is 0. The van der Waals surface area contributed by atoms with Crippen LogP contribution in [0.4, 0.5) is 0 Å². The van der Waals surface area contributed by atoms with Crippen LogP contribution in [-0.4, -0.2) is 0 Å². The van der Waals surface area contributed by atoms with Gasteiger partial charge in [0.25, 0.3) is 0 Å². The molecule has 2 aromatic rings. The number of rotatable bonds is 3. The van der Waals surface area contributed by atoms with Gasteiger partial charge in [0.2, 0.25) is 0 Å². The van der Waals surface area contributed by atoms with Gasteiger partial charge in [0.05, 0.1) is 0 Å². The fourth-order valence-electron chi connectivity index (χ4n) is 2.03. The van der Waals surface area contributed by atoms with Crippen molar-refractivity contribution in [2.75, 3.05) is 0 Å². The minimum atomic E-state index is 1.27. The zero-order valence-electron chi connectivity index (χ0n) is 10.9. The average Bonchev–Trinajstić information content (AvgIpc) is 2.42. The van der Waals surface area contributed by atoms with Crippen LogP contribution in [0.5, 0.6) is 0 Å². The van der Waals surface area contributed by atoms with Crippen molar-refractivity contribution in [2.24, 2.45) is 0 Å². The van der Waals surface area contributed by atoms with E-state index in [1.165, 1.54) is 22.3 Å². The summed E-state index contributed by atoms with van der Waals surface area (Å²) in [4.78, 5) is 0. The molecule has 0 bridgehead atoms. The summed E-state index contributed by atoms with van der Waals surface area (Å²) >= 11 is 0. The summed E-state index contributed by atoms with van der Waals surface area (Å²) in [5.41, 5.74) is 5.17. The lowest BCUT2D eigenvalue weighted by molar-refractivity contribution is 1.43. The first-order valence-electron chi connectivity index (χ1n) is 6.27.